The molecule has 0 saturated heterocycles. The Bertz CT molecular complexity index is 463. The first-order valence-electron chi connectivity index (χ1n) is 6.93. The molecule has 1 heterocycles. The highest BCUT2D eigenvalue weighted by Crippen LogP contribution is 2.48. The van der Waals surface area contributed by atoms with Crippen molar-refractivity contribution in [2.75, 3.05) is 0 Å². The van der Waals surface area contributed by atoms with E-state index >= 15 is 0 Å². The van der Waals surface area contributed by atoms with Gasteiger partial charge in [-0.05, 0) is 51.0 Å². The van der Waals surface area contributed by atoms with Gasteiger partial charge in [-0.2, -0.15) is 5.10 Å². The van der Waals surface area contributed by atoms with Gasteiger partial charge in [-0.1, -0.05) is 0 Å². The summed E-state index contributed by atoms with van der Waals surface area (Å²) < 4.78 is 1.82. The van der Waals surface area contributed by atoms with Crippen LogP contribution in [0.15, 0.2) is 12.3 Å². The lowest BCUT2D eigenvalue weighted by atomic mass is 9.81. The zero-order chi connectivity index (χ0) is 12.9. The number of nitrogens with two attached hydrogens (primary N) is 1. The molecule has 0 aromatic carbocycles. The largest absolute Gasteiger partial charge is 0.327 e. The normalized spacial score (nSPS) is 34.4. The molecule has 4 atom stereocenters. The van der Waals surface area contributed by atoms with Crippen LogP contribution in [0.2, 0.25) is 0 Å². The first-order valence-corrected chi connectivity index (χ1v) is 6.93. The van der Waals surface area contributed by atoms with Crippen LogP contribution in [0.3, 0.4) is 0 Å². The molecule has 2 aliphatic carbocycles. The number of hydrogen-bond acceptors (Lipinski definition) is 3. The molecule has 4 heteroatoms. The molecule has 0 amide bonds. The molecule has 2 saturated carbocycles. The highest BCUT2D eigenvalue weighted by Gasteiger charge is 2.49. The van der Waals surface area contributed by atoms with E-state index in [0.29, 0.717) is 11.8 Å². The molecule has 2 fully saturated rings. The lowest BCUT2D eigenvalue weighted by Crippen LogP contribution is -2.41. The zero-order valence-electron chi connectivity index (χ0n) is 11.0. The van der Waals surface area contributed by atoms with Crippen molar-refractivity contribution in [3.05, 3.63) is 18.0 Å². The van der Waals surface area contributed by atoms with Crippen molar-refractivity contribution >= 4 is 5.78 Å². The Balaban J connectivity index is 1.89. The van der Waals surface area contributed by atoms with Crippen molar-refractivity contribution in [2.24, 2.45) is 23.5 Å². The maximum atomic E-state index is 12.7. The van der Waals surface area contributed by atoms with Gasteiger partial charge in [0.15, 0.2) is 5.78 Å². The van der Waals surface area contributed by atoms with Crippen LogP contribution in [0, 0.1) is 17.8 Å². The van der Waals surface area contributed by atoms with Crippen molar-refractivity contribution in [2.45, 2.75) is 45.2 Å². The van der Waals surface area contributed by atoms with Crippen LogP contribution in [0.5, 0.6) is 0 Å². The minimum atomic E-state index is 0.0259. The molecule has 0 radical (unpaired) electrons. The van der Waals surface area contributed by atoms with Crippen molar-refractivity contribution in [1.29, 1.82) is 0 Å². The minimum Gasteiger partial charge on any atom is -0.327 e. The summed E-state index contributed by atoms with van der Waals surface area (Å²) in [6.07, 6.45) is 5.24. The summed E-state index contributed by atoms with van der Waals surface area (Å²) >= 11 is 0. The third kappa shape index (κ3) is 1.62. The fraction of sp³-hybridized carbons (Fsp3) is 0.714. The Morgan fingerprint density at radius 3 is 2.78 bits per heavy atom. The number of nitrogens with zero attached hydrogens (tertiary/aromatic N) is 2. The van der Waals surface area contributed by atoms with Gasteiger partial charge in [0, 0.05) is 24.2 Å². The van der Waals surface area contributed by atoms with E-state index in [9.17, 15) is 4.79 Å². The molecule has 2 bridgehead atoms. The van der Waals surface area contributed by atoms with Gasteiger partial charge < -0.3 is 5.73 Å². The van der Waals surface area contributed by atoms with Gasteiger partial charge in [-0.15, -0.1) is 0 Å². The summed E-state index contributed by atoms with van der Waals surface area (Å²) in [5.74, 6) is 1.31. The molecule has 2 N–H and O–H groups in total. The second-order valence-corrected chi connectivity index (χ2v) is 6.06. The quantitative estimate of drug-likeness (QED) is 0.831. The number of hydrogen-bond donors (Lipinski definition) is 1. The van der Waals surface area contributed by atoms with Crippen molar-refractivity contribution in [3.8, 4) is 0 Å². The Morgan fingerprint density at radius 2 is 2.17 bits per heavy atom. The first-order chi connectivity index (χ1) is 8.59. The highest BCUT2D eigenvalue weighted by molar-refractivity contribution is 5.97. The van der Waals surface area contributed by atoms with E-state index in [2.05, 4.69) is 5.10 Å². The van der Waals surface area contributed by atoms with Gasteiger partial charge >= 0.3 is 0 Å². The van der Waals surface area contributed by atoms with Crippen LogP contribution in [0.4, 0.5) is 0 Å². The highest BCUT2D eigenvalue weighted by atomic mass is 16.1. The average Bonchev–Trinajstić information content (AvgIpc) is 3.03. The molecular weight excluding hydrogens is 226 g/mol. The summed E-state index contributed by atoms with van der Waals surface area (Å²) in [4.78, 5) is 12.7. The van der Waals surface area contributed by atoms with E-state index in [1.165, 1.54) is 12.8 Å². The van der Waals surface area contributed by atoms with Crippen LogP contribution < -0.4 is 5.73 Å². The summed E-state index contributed by atoms with van der Waals surface area (Å²) in [6.45, 7) is 4.09. The number of ketones is 1. The Morgan fingerprint density at radius 1 is 1.44 bits per heavy atom. The molecule has 2 aliphatic rings. The topological polar surface area (TPSA) is 60.9 Å². The fourth-order valence-corrected chi connectivity index (χ4v) is 3.82. The van der Waals surface area contributed by atoms with E-state index in [1.807, 2.05) is 24.6 Å². The molecule has 1 aromatic rings. The van der Waals surface area contributed by atoms with Crippen molar-refractivity contribution < 1.29 is 4.79 Å². The number of aromatic nitrogens is 2. The zero-order valence-corrected chi connectivity index (χ0v) is 11.0. The molecule has 18 heavy (non-hydrogen) atoms. The number of carbonyl (C=O) groups excluding carboxylic acids is 1. The van der Waals surface area contributed by atoms with Crippen LogP contribution in [0.25, 0.3) is 0 Å². The molecule has 3 rings (SSSR count). The van der Waals surface area contributed by atoms with E-state index < -0.39 is 0 Å². The van der Waals surface area contributed by atoms with Crippen LogP contribution >= 0.6 is 0 Å². The monoisotopic (exact) mass is 247 g/mol. The molecule has 4 nitrogen and oxygen atoms in total. The summed E-state index contributed by atoms with van der Waals surface area (Å²) in [5.41, 5.74) is 6.98. The van der Waals surface area contributed by atoms with Crippen molar-refractivity contribution in [1.82, 2.24) is 9.78 Å². The van der Waals surface area contributed by atoms with Gasteiger partial charge in [0.05, 0.1) is 0 Å². The molecular formula is C14H21N3O. The molecule has 4 unspecified atom stereocenters. The maximum Gasteiger partial charge on any atom is 0.185 e. The maximum absolute atomic E-state index is 12.7. The van der Waals surface area contributed by atoms with E-state index in [-0.39, 0.29) is 23.8 Å². The Kier molecular flexibility index (Phi) is 2.77. The predicted octanol–water partition coefficient (Wildman–Crippen LogP) is 2.02. The standard InChI is InChI=1S/C14H21N3O/c1-8(2)17-11(5-6-16-17)14(18)12-9-3-4-10(7-9)13(12)15/h5-6,8-10,12-13H,3-4,7,15H2,1-2H3. The van der Waals surface area contributed by atoms with Gasteiger partial charge in [0.25, 0.3) is 0 Å². The summed E-state index contributed by atoms with van der Waals surface area (Å²) in [6, 6.07) is 2.11. The van der Waals surface area contributed by atoms with Gasteiger partial charge in [-0.3, -0.25) is 9.48 Å². The van der Waals surface area contributed by atoms with Crippen molar-refractivity contribution in [3.63, 3.8) is 0 Å². The van der Waals surface area contributed by atoms with Gasteiger partial charge in [0.2, 0.25) is 0 Å². The number of carbonyl (C=O) groups is 1. The van der Waals surface area contributed by atoms with E-state index in [1.54, 1.807) is 6.20 Å². The van der Waals surface area contributed by atoms with E-state index in [4.69, 9.17) is 5.73 Å². The second-order valence-electron chi connectivity index (χ2n) is 6.06. The number of fused-ring (bicyclic) bond motifs is 2. The van der Waals surface area contributed by atoms with Crippen LogP contribution in [0.1, 0.15) is 49.6 Å². The van der Waals surface area contributed by atoms with Gasteiger partial charge in [0.1, 0.15) is 5.69 Å². The lowest BCUT2D eigenvalue weighted by molar-refractivity contribution is 0.0842. The average molecular weight is 247 g/mol. The third-order valence-corrected chi connectivity index (χ3v) is 4.70. The molecule has 1 aromatic heterocycles. The first kappa shape index (κ1) is 11.9. The minimum absolute atomic E-state index is 0.0259. The van der Waals surface area contributed by atoms with Crippen LogP contribution in [-0.2, 0) is 0 Å². The van der Waals surface area contributed by atoms with Crippen LogP contribution in [-0.4, -0.2) is 21.6 Å². The molecule has 98 valence electrons. The predicted molar refractivity (Wildman–Crippen MR) is 69.2 cm³/mol. The number of Topliss-reactive ketones (excluding diaryl/α,β-unsaturated/α-hetero) is 1. The third-order valence-electron chi connectivity index (χ3n) is 4.70. The smallest absolute Gasteiger partial charge is 0.185 e. The number of rotatable bonds is 3. The van der Waals surface area contributed by atoms with E-state index in [0.717, 1.165) is 12.1 Å². The SMILES string of the molecule is CC(C)n1nccc1C(=O)C1C2CCC(C2)C1N. The summed E-state index contributed by atoms with van der Waals surface area (Å²) in [5, 5.41) is 4.25. The summed E-state index contributed by atoms with van der Waals surface area (Å²) in [7, 11) is 0. The Labute approximate surface area is 108 Å². The Hall–Kier alpha value is -1.16. The fourth-order valence-electron chi connectivity index (χ4n) is 3.82. The lowest BCUT2D eigenvalue weighted by Gasteiger charge is -2.27. The molecule has 0 aliphatic heterocycles. The molecule has 0 spiro atoms. The second kappa shape index (κ2) is 4.19. The van der Waals surface area contributed by atoms with Gasteiger partial charge in [-0.25, -0.2) is 0 Å².